The summed E-state index contributed by atoms with van der Waals surface area (Å²) in [5, 5.41) is 11.7. The van der Waals surface area contributed by atoms with E-state index in [1.54, 1.807) is 0 Å². The first-order valence-corrected chi connectivity index (χ1v) is 7.05. The Bertz CT molecular complexity index is 611. The molecular formula is C15H16F3NO4. The molecule has 1 aliphatic carbocycles. The predicted molar refractivity (Wildman–Crippen MR) is 73.6 cm³/mol. The monoisotopic (exact) mass is 331 g/mol. The second-order valence-corrected chi connectivity index (χ2v) is 5.52. The number of carbonyl (C=O) groups excluding carboxylic acids is 1. The highest BCUT2D eigenvalue weighted by atomic mass is 19.4. The van der Waals surface area contributed by atoms with Crippen LogP contribution in [0, 0.1) is 5.41 Å². The van der Waals surface area contributed by atoms with Gasteiger partial charge in [-0.05, 0) is 25.8 Å². The van der Waals surface area contributed by atoms with Crippen LogP contribution in [0.2, 0.25) is 0 Å². The lowest BCUT2D eigenvalue weighted by Crippen LogP contribution is -2.51. The molecule has 1 fully saturated rings. The molecule has 2 rings (SSSR count). The van der Waals surface area contributed by atoms with E-state index in [2.05, 4.69) is 10.1 Å². The van der Waals surface area contributed by atoms with Crippen LogP contribution < -0.4 is 10.1 Å². The van der Waals surface area contributed by atoms with Crippen LogP contribution in [-0.2, 0) is 9.59 Å². The van der Waals surface area contributed by atoms with Crippen molar-refractivity contribution in [2.45, 2.75) is 38.6 Å². The fraction of sp³-hybridized carbons (Fsp3) is 0.467. The number of para-hydroxylation sites is 1. The van der Waals surface area contributed by atoms with E-state index in [9.17, 15) is 27.9 Å². The van der Waals surface area contributed by atoms with Crippen LogP contribution in [0.3, 0.4) is 0 Å². The number of amides is 1. The van der Waals surface area contributed by atoms with Crippen LogP contribution in [-0.4, -0.2) is 23.3 Å². The highest BCUT2D eigenvalue weighted by Crippen LogP contribution is 2.42. The average Bonchev–Trinajstić information content (AvgIpc) is 2.35. The third-order valence-electron chi connectivity index (χ3n) is 4.01. The summed E-state index contributed by atoms with van der Waals surface area (Å²) in [6, 6.07) is 4.60. The molecule has 0 spiro atoms. The van der Waals surface area contributed by atoms with E-state index < -0.39 is 35.4 Å². The van der Waals surface area contributed by atoms with Crippen molar-refractivity contribution in [3.8, 4) is 5.75 Å². The summed E-state index contributed by atoms with van der Waals surface area (Å²) < 4.78 is 41.2. The van der Waals surface area contributed by atoms with Crippen molar-refractivity contribution < 1.29 is 32.6 Å². The van der Waals surface area contributed by atoms with Gasteiger partial charge in [0.2, 0.25) is 5.91 Å². The topological polar surface area (TPSA) is 75.6 Å². The second kappa shape index (κ2) is 6.10. The van der Waals surface area contributed by atoms with Crippen molar-refractivity contribution in [3.05, 3.63) is 29.8 Å². The maximum Gasteiger partial charge on any atom is 0.573 e. The first kappa shape index (κ1) is 17.1. The van der Waals surface area contributed by atoms with Gasteiger partial charge in [0, 0.05) is 5.56 Å². The molecule has 0 aromatic heterocycles. The minimum atomic E-state index is -4.85. The van der Waals surface area contributed by atoms with Crippen molar-refractivity contribution in [3.63, 3.8) is 0 Å². The molecule has 0 heterocycles. The highest BCUT2D eigenvalue weighted by Gasteiger charge is 2.51. The van der Waals surface area contributed by atoms with E-state index in [4.69, 9.17) is 0 Å². The lowest BCUT2D eigenvalue weighted by molar-refractivity contribution is -0.275. The van der Waals surface area contributed by atoms with Gasteiger partial charge in [0.05, 0.1) is 6.04 Å². The summed E-state index contributed by atoms with van der Waals surface area (Å²) >= 11 is 0. The molecule has 23 heavy (non-hydrogen) atoms. The van der Waals surface area contributed by atoms with Gasteiger partial charge in [0.1, 0.15) is 11.2 Å². The van der Waals surface area contributed by atoms with Crippen LogP contribution in [0.15, 0.2) is 24.3 Å². The van der Waals surface area contributed by atoms with Crippen molar-refractivity contribution in [2.24, 2.45) is 5.41 Å². The summed E-state index contributed by atoms with van der Waals surface area (Å²) in [7, 11) is 0. The van der Waals surface area contributed by atoms with E-state index in [1.807, 2.05) is 0 Å². The molecule has 8 heteroatoms. The zero-order valence-electron chi connectivity index (χ0n) is 12.3. The quantitative estimate of drug-likeness (QED) is 0.813. The Balaban J connectivity index is 2.16. The molecular weight excluding hydrogens is 315 g/mol. The fourth-order valence-electron chi connectivity index (χ4n) is 2.54. The number of aliphatic carboxylic acids is 1. The minimum absolute atomic E-state index is 0.123. The first-order chi connectivity index (χ1) is 10.7. The number of benzene rings is 1. The molecule has 0 radical (unpaired) electrons. The maximum atomic E-state index is 12.4. The Morgan fingerprint density at radius 2 is 1.91 bits per heavy atom. The molecule has 0 aliphatic heterocycles. The molecule has 0 bridgehead atoms. The third-order valence-corrected chi connectivity index (χ3v) is 4.01. The van der Waals surface area contributed by atoms with E-state index in [1.165, 1.54) is 25.1 Å². The molecule has 1 amide bonds. The summed E-state index contributed by atoms with van der Waals surface area (Å²) in [5.41, 5.74) is -1.35. The van der Waals surface area contributed by atoms with Gasteiger partial charge >= 0.3 is 12.3 Å². The number of carbonyl (C=O) groups is 2. The Hall–Kier alpha value is -2.25. The van der Waals surface area contributed by atoms with Gasteiger partial charge in [-0.1, -0.05) is 24.6 Å². The number of alkyl halides is 3. The SMILES string of the molecule is CC(NC(=O)C1(C(=O)O)CCC1)c1ccccc1OC(F)(F)F. The molecule has 1 aliphatic rings. The van der Waals surface area contributed by atoms with E-state index >= 15 is 0 Å². The molecule has 5 nitrogen and oxygen atoms in total. The first-order valence-electron chi connectivity index (χ1n) is 7.05. The Morgan fingerprint density at radius 1 is 1.30 bits per heavy atom. The maximum absolute atomic E-state index is 12.4. The van der Waals surface area contributed by atoms with Gasteiger partial charge in [-0.2, -0.15) is 0 Å². The van der Waals surface area contributed by atoms with Crippen LogP contribution in [0.1, 0.15) is 37.8 Å². The van der Waals surface area contributed by atoms with Gasteiger partial charge in [-0.3, -0.25) is 9.59 Å². The highest BCUT2D eigenvalue weighted by molar-refractivity contribution is 6.03. The van der Waals surface area contributed by atoms with Crippen LogP contribution in [0.5, 0.6) is 5.75 Å². The Morgan fingerprint density at radius 3 is 2.39 bits per heavy atom. The normalized spacial score (nSPS) is 17.7. The standard InChI is InChI=1S/C15H16F3NO4/c1-9(19-12(20)14(13(21)22)7-4-8-14)10-5-2-3-6-11(10)23-15(16,17)18/h2-3,5-6,9H,4,7-8H2,1H3,(H,19,20)(H,21,22). The number of ether oxygens (including phenoxy) is 1. The molecule has 0 saturated heterocycles. The van der Waals surface area contributed by atoms with Crippen LogP contribution in [0.4, 0.5) is 13.2 Å². The van der Waals surface area contributed by atoms with E-state index in [0.29, 0.717) is 6.42 Å². The fourth-order valence-corrected chi connectivity index (χ4v) is 2.54. The molecule has 1 aromatic carbocycles. The molecule has 1 saturated carbocycles. The molecule has 1 unspecified atom stereocenters. The van der Waals surface area contributed by atoms with Gasteiger partial charge in [-0.25, -0.2) is 0 Å². The molecule has 126 valence electrons. The van der Waals surface area contributed by atoms with E-state index in [-0.39, 0.29) is 18.4 Å². The van der Waals surface area contributed by atoms with Crippen molar-refractivity contribution in [1.29, 1.82) is 0 Å². The summed E-state index contributed by atoms with van der Waals surface area (Å²) in [4.78, 5) is 23.5. The lowest BCUT2D eigenvalue weighted by atomic mass is 9.68. The Labute approximate surface area is 130 Å². The number of halogens is 3. The third kappa shape index (κ3) is 3.57. The predicted octanol–water partition coefficient (Wildman–Crippen LogP) is 3.02. The zero-order valence-corrected chi connectivity index (χ0v) is 12.3. The lowest BCUT2D eigenvalue weighted by Gasteiger charge is -2.36. The number of hydrogen-bond acceptors (Lipinski definition) is 3. The molecule has 1 atom stereocenters. The van der Waals surface area contributed by atoms with E-state index in [0.717, 1.165) is 6.07 Å². The van der Waals surface area contributed by atoms with Gasteiger partial charge in [-0.15, -0.1) is 13.2 Å². The second-order valence-electron chi connectivity index (χ2n) is 5.52. The van der Waals surface area contributed by atoms with Gasteiger partial charge < -0.3 is 15.2 Å². The number of hydrogen-bond donors (Lipinski definition) is 2. The summed E-state index contributed by atoms with van der Waals surface area (Å²) in [6.07, 6.45) is -3.78. The number of nitrogens with one attached hydrogen (secondary N) is 1. The smallest absolute Gasteiger partial charge is 0.480 e. The van der Waals surface area contributed by atoms with Crippen LogP contribution in [0.25, 0.3) is 0 Å². The zero-order chi connectivity index (χ0) is 17.3. The largest absolute Gasteiger partial charge is 0.573 e. The minimum Gasteiger partial charge on any atom is -0.480 e. The number of carboxylic acid groups (broad SMARTS) is 1. The Kier molecular flexibility index (Phi) is 4.53. The van der Waals surface area contributed by atoms with Crippen molar-refractivity contribution in [1.82, 2.24) is 5.32 Å². The molecule has 2 N–H and O–H groups in total. The summed E-state index contributed by atoms with van der Waals surface area (Å²) in [6.45, 7) is 1.48. The summed E-state index contributed by atoms with van der Waals surface area (Å²) in [5.74, 6) is -2.33. The number of carboxylic acids is 1. The van der Waals surface area contributed by atoms with Crippen LogP contribution >= 0.6 is 0 Å². The van der Waals surface area contributed by atoms with Gasteiger partial charge in [0.15, 0.2) is 0 Å². The molecule has 1 aromatic rings. The van der Waals surface area contributed by atoms with Crippen molar-refractivity contribution >= 4 is 11.9 Å². The van der Waals surface area contributed by atoms with Crippen molar-refractivity contribution in [2.75, 3.05) is 0 Å². The average molecular weight is 331 g/mol. The number of rotatable bonds is 5. The van der Waals surface area contributed by atoms with Gasteiger partial charge in [0.25, 0.3) is 0 Å².